The van der Waals surface area contributed by atoms with Crippen molar-refractivity contribution in [1.29, 1.82) is 0 Å². The van der Waals surface area contributed by atoms with Crippen molar-refractivity contribution in [3.63, 3.8) is 0 Å². The van der Waals surface area contributed by atoms with Gasteiger partial charge in [0.15, 0.2) is 0 Å². The first kappa shape index (κ1) is 20.3. The predicted molar refractivity (Wildman–Crippen MR) is 110 cm³/mol. The molecule has 1 aliphatic rings. The van der Waals surface area contributed by atoms with Crippen LogP contribution in [0.1, 0.15) is 18.1 Å². The Balaban J connectivity index is 1.81. The molecular formula is C21H19FN4O5. The lowest BCUT2D eigenvalue weighted by atomic mass is 10.1. The molecule has 0 spiro atoms. The van der Waals surface area contributed by atoms with Crippen LogP contribution in [0.2, 0.25) is 0 Å². The Morgan fingerprint density at radius 2 is 2.06 bits per heavy atom. The quantitative estimate of drug-likeness (QED) is 0.663. The molecule has 1 N–H and O–H groups in total. The summed E-state index contributed by atoms with van der Waals surface area (Å²) in [5.74, 6) is -0.653. The second-order valence-electron chi connectivity index (χ2n) is 6.98. The van der Waals surface area contributed by atoms with Crippen LogP contribution in [0, 0.1) is 5.82 Å². The van der Waals surface area contributed by atoms with Gasteiger partial charge in [0.25, 0.3) is 5.88 Å². The molecule has 4 rings (SSSR count). The molecule has 0 atom stereocenters. The van der Waals surface area contributed by atoms with Crippen LogP contribution in [0.3, 0.4) is 0 Å². The molecule has 1 amide bonds. The van der Waals surface area contributed by atoms with Crippen molar-refractivity contribution in [2.75, 3.05) is 19.0 Å². The number of nitrogens with one attached hydrogen (secondary N) is 1. The molecular weight excluding hydrogens is 407 g/mol. The summed E-state index contributed by atoms with van der Waals surface area (Å²) < 4.78 is 26.5. The zero-order valence-corrected chi connectivity index (χ0v) is 16.8. The third-order valence-electron chi connectivity index (χ3n) is 4.82. The number of rotatable bonds is 5. The van der Waals surface area contributed by atoms with E-state index >= 15 is 0 Å². The summed E-state index contributed by atoms with van der Waals surface area (Å²) in [6, 6.07) is 9.14. The van der Waals surface area contributed by atoms with Gasteiger partial charge in [0, 0.05) is 13.3 Å². The number of benzene rings is 2. The molecule has 160 valence electrons. The van der Waals surface area contributed by atoms with Crippen molar-refractivity contribution in [3.8, 4) is 17.3 Å². The first-order valence-electron chi connectivity index (χ1n) is 9.47. The molecule has 1 aromatic heterocycles. The van der Waals surface area contributed by atoms with E-state index in [1.807, 2.05) is 6.07 Å². The van der Waals surface area contributed by atoms with Crippen molar-refractivity contribution in [3.05, 3.63) is 74.2 Å². The number of amides is 1. The molecule has 2 aromatic carbocycles. The number of carbonyl (C=O) groups excluding carboxylic acids is 1. The lowest BCUT2D eigenvalue weighted by Crippen LogP contribution is -2.41. The van der Waals surface area contributed by atoms with E-state index in [0.29, 0.717) is 6.61 Å². The van der Waals surface area contributed by atoms with Gasteiger partial charge in [-0.25, -0.2) is 13.8 Å². The molecule has 0 radical (unpaired) electrons. The monoisotopic (exact) mass is 426 g/mol. The topological polar surface area (TPSA) is 104 Å². The van der Waals surface area contributed by atoms with Gasteiger partial charge in [0.1, 0.15) is 11.6 Å². The van der Waals surface area contributed by atoms with E-state index in [1.165, 1.54) is 26.2 Å². The van der Waals surface area contributed by atoms with Crippen LogP contribution >= 0.6 is 0 Å². The van der Waals surface area contributed by atoms with Crippen molar-refractivity contribution in [2.24, 2.45) is 0 Å². The van der Waals surface area contributed by atoms with E-state index in [2.05, 4.69) is 10.4 Å². The molecule has 2 heterocycles. The van der Waals surface area contributed by atoms with Gasteiger partial charge in [-0.05, 0) is 35.4 Å². The number of nitrogens with zero attached hydrogens (tertiary/aromatic N) is 3. The summed E-state index contributed by atoms with van der Waals surface area (Å²) in [6.45, 7) is 1.82. The number of ether oxygens (including phenoxy) is 2. The molecule has 31 heavy (non-hydrogen) atoms. The number of fused-ring (bicyclic) bond motifs is 1. The average Bonchev–Trinajstić information content (AvgIpc) is 3.21. The second kappa shape index (κ2) is 8.05. The van der Waals surface area contributed by atoms with Gasteiger partial charge in [-0.3, -0.25) is 9.59 Å². The summed E-state index contributed by atoms with van der Waals surface area (Å²) in [5.41, 5.74) is 0.359. The van der Waals surface area contributed by atoms with Crippen molar-refractivity contribution in [1.82, 2.24) is 14.3 Å². The fourth-order valence-electron chi connectivity index (χ4n) is 3.38. The molecule has 0 aliphatic carbocycles. The number of hydrogen-bond donors (Lipinski definition) is 1. The normalized spacial score (nSPS) is 12.2. The number of hydrogen-bond acceptors (Lipinski definition) is 6. The second-order valence-corrected chi connectivity index (χ2v) is 6.98. The molecule has 10 heteroatoms. The van der Waals surface area contributed by atoms with E-state index in [9.17, 15) is 18.8 Å². The molecule has 0 unspecified atom stereocenters. The van der Waals surface area contributed by atoms with E-state index < -0.39 is 23.0 Å². The first-order chi connectivity index (χ1) is 14.9. The Morgan fingerprint density at radius 1 is 1.26 bits per heavy atom. The molecule has 9 nitrogen and oxygen atoms in total. The van der Waals surface area contributed by atoms with Crippen LogP contribution in [-0.4, -0.2) is 34.0 Å². The third kappa shape index (κ3) is 3.91. The van der Waals surface area contributed by atoms with Gasteiger partial charge < -0.3 is 14.8 Å². The van der Waals surface area contributed by atoms with Gasteiger partial charge >= 0.3 is 11.2 Å². The average molecular weight is 426 g/mol. The number of aromatic nitrogens is 3. The Kier molecular flexibility index (Phi) is 5.28. The Morgan fingerprint density at radius 3 is 2.81 bits per heavy atom. The number of methoxy groups -OCH3 is 1. The molecule has 1 aliphatic heterocycles. The van der Waals surface area contributed by atoms with Gasteiger partial charge in [0.05, 0.1) is 31.6 Å². The highest BCUT2D eigenvalue weighted by molar-refractivity contribution is 5.89. The maximum absolute atomic E-state index is 14.0. The summed E-state index contributed by atoms with van der Waals surface area (Å²) in [7, 11) is 1.27. The standard InChI is InChI=1S/C21H19FN4O5/c1-12(27)23-17-10-15(4-5-16(17)22)26-21(29)25(20(28)19(24-26)30-2)11-13-3-6-18-14(9-13)7-8-31-18/h3-6,9-10H,7-8,11H2,1-2H3,(H,23,27). The Labute approximate surface area is 175 Å². The largest absolute Gasteiger partial charge is 0.493 e. The lowest BCUT2D eigenvalue weighted by Gasteiger charge is -2.13. The minimum Gasteiger partial charge on any atom is -0.493 e. The molecule has 3 aromatic rings. The molecule has 0 saturated heterocycles. The summed E-state index contributed by atoms with van der Waals surface area (Å²) in [5, 5.41) is 6.32. The number of halogens is 1. The highest BCUT2D eigenvalue weighted by atomic mass is 19.1. The van der Waals surface area contributed by atoms with Gasteiger partial charge in [0.2, 0.25) is 5.91 Å². The van der Waals surface area contributed by atoms with Gasteiger partial charge in [-0.1, -0.05) is 12.1 Å². The first-order valence-corrected chi connectivity index (χ1v) is 9.47. The summed E-state index contributed by atoms with van der Waals surface area (Å²) in [6.07, 6.45) is 0.753. The van der Waals surface area contributed by atoms with Crippen molar-refractivity contribution in [2.45, 2.75) is 19.9 Å². The minimum atomic E-state index is -0.733. The SMILES string of the molecule is COc1nn(-c2ccc(F)c(NC(C)=O)c2)c(=O)n(Cc2ccc3c(c2)CCO3)c1=O. The molecule has 0 fully saturated rings. The van der Waals surface area contributed by atoms with Crippen LogP contribution < -0.4 is 26.0 Å². The highest BCUT2D eigenvalue weighted by Crippen LogP contribution is 2.26. The van der Waals surface area contributed by atoms with Crippen LogP contribution in [0.4, 0.5) is 10.1 Å². The lowest BCUT2D eigenvalue weighted by molar-refractivity contribution is -0.114. The molecule has 0 saturated carbocycles. The van der Waals surface area contributed by atoms with E-state index in [4.69, 9.17) is 9.47 Å². The van der Waals surface area contributed by atoms with Crippen LogP contribution in [0.5, 0.6) is 11.6 Å². The van der Waals surface area contributed by atoms with Gasteiger partial charge in [-0.15, -0.1) is 5.10 Å². The maximum Gasteiger partial charge on any atom is 0.352 e. The van der Waals surface area contributed by atoms with Crippen molar-refractivity contribution < 1.29 is 18.7 Å². The fourth-order valence-corrected chi connectivity index (χ4v) is 3.38. The Hall–Kier alpha value is -3.95. The van der Waals surface area contributed by atoms with Crippen LogP contribution in [-0.2, 0) is 17.8 Å². The number of carbonyl (C=O) groups is 1. The fraction of sp³-hybridized carbons (Fsp3) is 0.238. The summed E-state index contributed by atoms with van der Waals surface area (Å²) >= 11 is 0. The Bertz CT molecular complexity index is 1300. The number of anilines is 1. The van der Waals surface area contributed by atoms with Crippen molar-refractivity contribution >= 4 is 11.6 Å². The smallest absolute Gasteiger partial charge is 0.352 e. The maximum atomic E-state index is 14.0. The van der Waals surface area contributed by atoms with Crippen LogP contribution in [0.25, 0.3) is 5.69 Å². The predicted octanol–water partition coefficient (Wildman–Crippen LogP) is 1.48. The zero-order chi connectivity index (χ0) is 22.1. The van der Waals surface area contributed by atoms with E-state index in [-0.39, 0.29) is 23.8 Å². The van der Waals surface area contributed by atoms with E-state index in [0.717, 1.165) is 38.6 Å². The molecule has 0 bridgehead atoms. The van der Waals surface area contributed by atoms with Gasteiger partial charge in [-0.2, -0.15) is 4.68 Å². The van der Waals surface area contributed by atoms with Crippen LogP contribution in [0.15, 0.2) is 46.0 Å². The third-order valence-corrected chi connectivity index (χ3v) is 4.82. The zero-order valence-electron chi connectivity index (χ0n) is 16.8. The highest BCUT2D eigenvalue weighted by Gasteiger charge is 2.18. The minimum absolute atomic E-state index is 0.0103. The van der Waals surface area contributed by atoms with E-state index in [1.54, 1.807) is 12.1 Å². The summed E-state index contributed by atoms with van der Waals surface area (Å²) in [4.78, 5) is 37.2.